The maximum atomic E-state index is 14.2. The Morgan fingerprint density at radius 2 is 2.05 bits per heavy atom. The lowest BCUT2D eigenvalue weighted by atomic mass is 10.0. The fourth-order valence-corrected chi connectivity index (χ4v) is 2.33. The summed E-state index contributed by atoms with van der Waals surface area (Å²) in [5, 5.41) is 1.39. The van der Waals surface area contributed by atoms with Crippen LogP contribution in [0.2, 0.25) is 0 Å². The largest absolute Gasteiger partial charge is 0.497 e. The van der Waals surface area contributed by atoms with Crippen LogP contribution in [0.15, 0.2) is 30.3 Å². The summed E-state index contributed by atoms with van der Waals surface area (Å²) in [6.45, 7) is 3.23. The summed E-state index contributed by atoms with van der Waals surface area (Å²) in [7, 11) is 1.56. The molecule has 2 rings (SSSR count). The highest BCUT2D eigenvalue weighted by atomic mass is 19.1. The van der Waals surface area contributed by atoms with E-state index in [9.17, 15) is 9.18 Å². The molecule has 112 valence electrons. The van der Waals surface area contributed by atoms with Crippen LogP contribution in [-0.4, -0.2) is 19.2 Å². The number of aryl methyl sites for hydroxylation is 1. The van der Waals surface area contributed by atoms with Crippen LogP contribution in [0.25, 0.3) is 10.8 Å². The van der Waals surface area contributed by atoms with E-state index in [0.717, 1.165) is 10.9 Å². The Bertz CT molecular complexity index is 652. The molecule has 2 aromatic rings. The molecule has 0 spiro atoms. The molecule has 0 aliphatic carbocycles. The van der Waals surface area contributed by atoms with Crippen LogP contribution in [-0.2, 0) is 16.0 Å². The van der Waals surface area contributed by atoms with Gasteiger partial charge in [-0.2, -0.15) is 0 Å². The summed E-state index contributed by atoms with van der Waals surface area (Å²) in [5.74, 6) is 0.0819. The van der Waals surface area contributed by atoms with Crippen molar-refractivity contribution in [1.29, 1.82) is 0 Å². The third-order valence-corrected chi connectivity index (χ3v) is 3.38. The van der Waals surface area contributed by atoms with Crippen LogP contribution < -0.4 is 4.74 Å². The van der Waals surface area contributed by atoms with Crippen LogP contribution in [0.3, 0.4) is 0 Å². The summed E-state index contributed by atoms with van der Waals surface area (Å²) < 4.78 is 24.3. The Balaban J connectivity index is 2.16. The lowest BCUT2D eigenvalue weighted by molar-refractivity contribution is -0.145. The van der Waals surface area contributed by atoms with E-state index in [4.69, 9.17) is 9.47 Å². The molecule has 0 N–H and O–H groups in total. The molecule has 1 unspecified atom stereocenters. The smallest absolute Gasteiger partial charge is 0.302 e. The zero-order valence-corrected chi connectivity index (χ0v) is 12.5. The van der Waals surface area contributed by atoms with Crippen molar-refractivity contribution in [3.8, 4) is 5.75 Å². The second-order valence-corrected chi connectivity index (χ2v) is 5.12. The third-order valence-electron chi connectivity index (χ3n) is 3.38. The third kappa shape index (κ3) is 3.94. The van der Waals surface area contributed by atoms with Gasteiger partial charge in [-0.1, -0.05) is 12.1 Å². The lowest BCUT2D eigenvalue weighted by Crippen LogP contribution is -2.13. The molecule has 0 saturated carbocycles. The molecule has 0 radical (unpaired) electrons. The van der Waals surface area contributed by atoms with Gasteiger partial charge >= 0.3 is 5.97 Å². The van der Waals surface area contributed by atoms with Gasteiger partial charge in [0.2, 0.25) is 0 Å². The standard InChI is InChI=1S/C17H19FO3/c1-11(21-12(2)19)4-5-13-8-14-6-7-15(20-3)10-16(14)17(18)9-13/h6-11H,4-5H2,1-3H3. The van der Waals surface area contributed by atoms with E-state index in [1.165, 1.54) is 13.0 Å². The zero-order chi connectivity index (χ0) is 15.4. The number of benzene rings is 2. The van der Waals surface area contributed by atoms with Gasteiger partial charge in [-0.25, -0.2) is 4.39 Å². The number of ether oxygens (including phenoxy) is 2. The fraction of sp³-hybridized carbons (Fsp3) is 0.353. The molecule has 0 saturated heterocycles. The van der Waals surface area contributed by atoms with Gasteiger partial charge in [0, 0.05) is 12.3 Å². The maximum absolute atomic E-state index is 14.2. The minimum Gasteiger partial charge on any atom is -0.497 e. The molecule has 2 aromatic carbocycles. The highest BCUT2D eigenvalue weighted by Gasteiger charge is 2.09. The SMILES string of the molecule is COc1ccc2cc(CCC(C)OC(C)=O)cc(F)c2c1. The number of fused-ring (bicyclic) bond motifs is 1. The average molecular weight is 290 g/mol. The molecule has 0 aromatic heterocycles. The first-order chi connectivity index (χ1) is 9.99. The fourth-order valence-electron chi connectivity index (χ4n) is 2.33. The van der Waals surface area contributed by atoms with E-state index >= 15 is 0 Å². The minimum absolute atomic E-state index is 0.169. The van der Waals surface area contributed by atoms with E-state index in [0.29, 0.717) is 24.0 Å². The quantitative estimate of drug-likeness (QED) is 0.784. The summed E-state index contributed by atoms with van der Waals surface area (Å²) in [6.07, 6.45) is 1.16. The van der Waals surface area contributed by atoms with Gasteiger partial charge in [-0.15, -0.1) is 0 Å². The summed E-state index contributed by atoms with van der Waals surface area (Å²) in [5.41, 5.74) is 0.893. The highest BCUT2D eigenvalue weighted by Crippen LogP contribution is 2.25. The van der Waals surface area contributed by atoms with Crippen LogP contribution >= 0.6 is 0 Å². The van der Waals surface area contributed by atoms with Gasteiger partial charge in [0.15, 0.2) is 0 Å². The number of hydrogen-bond acceptors (Lipinski definition) is 3. The second kappa shape index (κ2) is 6.57. The summed E-state index contributed by atoms with van der Waals surface area (Å²) >= 11 is 0. The average Bonchev–Trinajstić information content (AvgIpc) is 2.44. The van der Waals surface area contributed by atoms with Gasteiger partial charge in [-0.3, -0.25) is 4.79 Å². The molecule has 21 heavy (non-hydrogen) atoms. The van der Waals surface area contributed by atoms with Crippen molar-refractivity contribution >= 4 is 16.7 Å². The van der Waals surface area contributed by atoms with Crippen molar-refractivity contribution in [2.75, 3.05) is 7.11 Å². The van der Waals surface area contributed by atoms with Crippen molar-refractivity contribution < 1.29 is 18.7 Å². The molecule has 0 aliphatic rings. The molecule has 0 amide bonds. The Labute approximate surface area is 123 Å². The first-order valence-corrected chi connectivity index (χ1v) is 6.93. The Morgan fingerprint density at radius 1 is 1.29 bits per heavy atom. The van der Waals surface area contributed by atoms with Crippen molar-refractivity contribution in [1.82, 2.24) is 0 Å². The molecule has 4 heteroatoms. The van der Waals surface area contributed by atoms with Crippen LogP contribution in [0.1, 0.15) is 25.8 Å². The second-order valence-electron chi connectivity index (χ2n) is 5.12. The van der Waals surface area contributed by atoms with Crippen molar-refractivity contribution in [3.05, 3.63) is 41.7 Å². The lowest BCUT2D eigenvalue weighted by Gasteiger charge is -2.12. The predicted octanol–water partition coefficient (Wildman–Crippen LogP) is 3.87. The minimum atomic E-state index is -0.292. The molecule has 3 nitrogen and oxygen atoms in total. The number of carbonyl (C=O) groups is 1. The summed E-state index contributed by atoms with van der Waals surface area (Å²) in [4.78, 5) is 10.9. The van der Waals surface area contributed by atoms with Gasteiger partial charge in [0.05, 0.1) is 13.2 Å². The van der Waals surface area contributed by atoms with Crippen LogP contribution in [0.5, 0.6) is 5.75 Å². The normalized spacial score (nSPS) is 12.2. The van der Waals surface area contributed by atoms with Gasteiger partial charge in [-0.05, 0) is 48.9 Å². The van der Waals surface area contributed by atoms with Crippen molar-refractivity contribution in [2.45, 2.75) is 32.8 Å². The number of esters is 1. The van der Waals surface area contributed by atoms with Crippen LogP contribution in [0, 0.1) is 5.82 Å². The Kier molecular flexibility index (Phi) is 4.78. The molecule has 1 atom stereocenters. The molecule has 0 heterocycles. The van der Waals surface area contributed by atoms with E-state index < -0.39 is 0 Å². The molecular weight excluding hydrogens is 271 g/mol. The van der Waals surface area contributed by atoms with Gasteiger partial charge < -0.3 is 9.47 Å². The Morgan fingerprint density at radius 3 is 2.71 bits per heavy atom. The van der Waals surface area contributed by atoms with Gasteiger partial charge in [0.25, 0.3) is 0 Å². The monoisotopic (exact) mass is 290 g/mol. The number of halogens is 1. The number of carbonyl (C=O) groups excluding carboxylic acids is 1. The number of methoxy groups -OCH3 is 1. The molecular formula is C17H19FO3. The molecule has 0 bridgehead atoms. The first-order valence-electron chi connectivity index (χ1n) is 6.93. The zero-order valence-electron chi connectivity index (χ0n) is 12.5. The maximum Gasteiger partial charge on any atom is 0.302 e. The number of hydrogen-bond donors (Lipinski definition) is 0. The van der Waals surface area contributed by atoms with E-state index in [-0.39, 0.29) is 17.9 Å². The number of rotatable bonds is 5. The van der Waals surface area contributed by atoms with Crippen molar-refractivity contribution in [2.24, 2.45) is 0 Å². The van der Waals surface area contributed by atoms with E-state index in [2.05, 4.69) is 0 Å². The Hall–Kier alpha value is -2.10. The van der Waals surface area contributed by atoms with Crippen molar-refractivity contribution in [3.63, 3.8) is 0 Å². The van der Waals surface area contributed by atoms with Gasteiger partial charge in [0.1, 0.15) is 11.6 Å². The predicted molar refractivity (Wildman–Crippen MR) is 80.0 cm³/mol. The highest BCUT2D eigenvalue weighted by molar-refractivity contribution is 5.85. The first kappa shape index (κ1) is 15.3. The van der Waals surface area contributed by atoms with E-state index in [1.807, 2.05) is 25.1 Å². The summed E-state index contributed by atoms with van der Waals surface area (Å²) in [6, 6.07) is 8.83. The molecule has 0 fully saturated rings. The molecule has 0 aliphatic heterocycles. The van der Waals surface area contributed by atoms with E-state index in [1.54, 1.807) is 13.2 Å². The van der Waals surface area contributed by atoms with Crippen LogP contribution in [0.4, 0.5) is 4.39 Å². The topological polar surface area (TPSA) is 35.5 Å².